The molecule has 1 amide bonds. The number of hydrogen-bond donors (Lipinski definition) is 2. The highest BCUT2D eigenvalue weighted by Crippen LogP contribution is 2.38. The SMILES string of the molecule is C[C@@H](c1nc2ccccc2s1)[NH+](C)CC(=O)Nc1sc2c(c1C#N)CCC2. The Labute approximate surface area is 166 Å². The fraction of sp³-hybridized carbons (Fsp3) is 0.350. The molecule has 0 fully saturated rings. The predicted octanol–water partition coefficient (Wildman–Crippen LogP) is 2.93. The molecular weight excluding hydrogens is 376 g/mol. The van der Waals surface area contributed by atoms with Crippen LogP contribution in [0, 0.1) is 11.3 Å². The number of likely N-dealkylation sites (N-methyl/N-ethyl adjacent to an activating group) is 1. The fourth-order valence-corrected chi connectivity index (χ4v) is 5.84. The molecule has 1 aliphatic carbocycles. The van der Waals surface area contributed by atoms with Gasteiger partial charge in [-0.25, -0.2) is 4.98 Å². The minimum atomic E-state index is -0.0584. The molecular formula is C20H21N4OS2+. The Hall–Kier alpha value is -2.27. The molecule has 7 heteroatoms. The Balaban J connectivity index is 1.44. The molecule has 27 heavy (non-hydrogen) atoms. The standard InChI is InChI=1S/C20H20N4OS2/c1-12(19-22-15-7-3-4-8-17(15)27-19)24(2)11-18(25)23-20-14(10-21)13-6-5-9-16(13)26-20/h3-4,7-8,12H,5-6,9,11H2,1-2H3,(H,23,25)/p+1/t12-/m0/s1. The molecule has 1 aliphatic rings. The molecule has 0 spiro atoms. The van der Waals surface area contributed by atoms with Crippen LogP contribution in [-0.4, -0.2) is 24.5 Å². The number of anilines is 1. The molecule has 0 saturated heterocycles. The van der Waals surface area contributed by atoms with Gasteiger partial charge < -0.3 is 10.2 Å². The second-order valence-electron chi connectivity index (χ2n) is 6.99. The van der Waals surface area contributed by atoms with Gasteiger partial charge in [0, 0.05) is 4.88 Å². The smallest absolute Gasteiger partial charge is 0.280 e. The van der Waals surface area contributed by atoms with Crippen LogP contribution >= 0.6 is 22.7 Å². The van der Waals surface area contributed by atoms with E-state index >= 15 is 0 Å². The van der Waals surface area contributed by atoms with E-state index in [1.165, 1.54) is 9.58 Å². The van der Waals surface area contributed by atoms with Crippen molar-refractivity contribution in [3.63, 3.8) is 0 Å². The summed E-state index contributed by atoms with van der Waals surface area (Å²) in [6, 6.07) is 10.5. The van der Waals surface area contributed by atoms with Gasteiger partial charge in [0.15, 0.2) is 11.6 Å². The third kappa shape index (κ3) is 3.48. The lowest BCUT2D eigenvalue weighted by molar-refractivity contribution is -0.902. The van der Waals surface area contributed by atoms with Crippen LogP contribution in [0.25, 0.3) is 10.2 Å². The average Bonchev–Trinajstić information content (AvgIpc) is 3.34. The first-order valence-electron chi connectivity index (χ1n) is 9.09. The Morgan fingerprint density at radius 1 is 1.37 bits per heavy atom. The van der Waals surface area contributed by atoms with Gasteiger partial charge >= 0.3 is 0 Å². The number of aryl methyl sites for hydroxylation is 1. The highest BCUT2D eigenvalue weighted by atomic mass is 32.1. The number of quaternary nitrogens is 1. The molecule has 2 atom stereocenters. The van der Waals surface area contributed by atoms with Gasteiger partial charge in [0.25, 0.3) is 5.91 Å². The molecule has 0 saturated carbocycles. The summed E-state index contributed by atoms with van der Waals surface area (Å²) in [5, 5.41) is 14.2. The molecule has 3 aromatic rings. The Bertz CT molecular complexity index is 1010. The third-order valence-corrected chi connectivity index (χ3v) is 7.57. The van der Waals surface area contributed by atoms with Crippen molar-refractivity contribution >= 4 is 43.8 Å². The summed E-state index contributed by atoms with van der Waals surface area (Å²) in [7, 11) is 2.01. The number of carbonyl (C=O) groups is 1. The summed E-state index contributed by atoms with van der Waals surface area (Å²) < 4.78 is 1.17. The number of aromatic nitrogens is 1. The van der Waals surface area contributed by atoms with Crippen molar-refractivity contribution < 1.29 is 9.69 Å². The monoisotopic (exact) mass is 397 g/mol. The fourth-order valence-electron chi connectivity index (χ4n) is 3.47. The molecule has 4 rings (SSSR count). The first kappa shape index (κ1) is 18.1. The van der Waals surface area contributed by atoms with Gasteiger partial charge in [0.05, 0.1) is 22.8 Å². The second-order valence-corrected chi connectivity index (χ2v) is 9.15. The highest BCUT2D eigenvalue weighted by molar-refractivity contribution is 7.18. The summed E-state index contributed by atoms with van der Waals surface area (Å²) >= 11 is 3.24. The number of thiazole rings is 1. The van der Waals surface area contributed by atoms with E-state index in [1.54, 1.807) is 22.7 Å². The quantitative estimate of drug-likeness (QED) is 0.695. The predicted molar refractivity (Wildman–Crippen MR) is 109 cm³/mol. The molecule has 5 nitrogen and oxygen atoms in total. The Morgan fingerprint density at radius 2 is 2.19 bits per heavy atom. The van der Waals surface area contributed by atoms with Gasteiger partial charge in [-0.1, -0.05) is 12.1 Å². The highest BCUT2D eigenvalue weighted by Gasteiger charge is 2.25. The van der Waals surface area contributed by atoms with Crippen LogP contribution in [-0.2, 0) is 17.6 Å². The maximum absolute atomic E-state index is 12.6. The van der Waals surface area contributed by atoms with Gasteiger partial charge in [-0.2, -0.15) is 5.26 Å². The van der Waals surface area contributed by atoms with E-state index in [-0.39, 0.29) is 11.9 Å². The maximum atomic E-state index is 12.6. The van der Waals surface area contributed by atoms with E-state index < -0.39 is 0 Å². The third-order valence-electron chi connectivity index (χ3n) is 5.15. The molecule has 0 aliphatic heterocycles. The number of nitrogens with zero attached hydrogens (tertiary/aromatic N) is 2. The zero-order valence-electron chi connectivity index (χ0n) is 15.3. The minimum Gasteiger partial charge on any atom is -0.322 e. The van der Waals surface area contributed by atoms with Crippen molar-refractivity contribution in [1.82, 2.24) is 4.98 Å². The molecule has 1 aromatic carbocycles. The van der Waals surface area contributed by atoms with Crippen molar-refractivity contribution in [3.05, 3.63) is 45.3 Å². The average molecular weight is 398 g/mol. The summed E-state index contributed by atoms with van der Waals surface area (Å²) in [5.41, 5.74) is 2.81. The first-order chi connectivity index (χ1) is 13.1. The van der Waals surface area contributed by atoms with Gasteiger partial charge in [-0.05, 0) is 43.9 Å². The van der Waals surface area contributed by atoms with Gasteiger partial charge in [-0.3, -0.25) is 4.79 Å². The van der Waals surface area contributed by atoms with Crippen LogP contribution in [0.15, 0.2) is 24.3 Å². The van der Waals surface area contributed by atoms with Crippen LogP contribution in [0.3, 0.4) is 0 Å². The van der Waals surface area contributed by atoms with Gasteiger partial charge in [0.1, 0.15) is 17.1 Å². The van der Waals surface area contributed by atoms with Crippen LogP contribution in [0.5, 0.6) is 0 Å². The van der Waals surface area contributed by atoms with Crippen LogP contribution in [0.2, 0.25) is 0 Å². The number of rotatable bonds is 5. The van der Waals surface area contributed by atoms with E-state index in [9.17, 15) is 10.1 Å². The number of carbonyl (C=O) groups excluding carboxylic acids is 1. The van der Waals surface area contributed by atoms with Crippen molar-refractivity contribution in [1.29, 1.82) is 5.26 Å². The van der Waals surface area contributed by atoms with Crippen molar-refractivity contribution in [2.45, 2.75) is 32.2 Å². The second kappa shape index (κ2) is 7.39. The molecule has 2 aromatic heterocycles. The number of benzene rings is 1. The first-order valence-corrected chi connectivity index (χ1v) is 10.7. The lowest BCUT2D eigenvalue weighted by Gasteiger charge is -2.19. The van der Waals surface area contributed by atoms with E-state index in [1.807, 2.05) is 25.2 Å². The lowest BCUT2D eigenvalue weighted by Crippen LogP contribution is -3.10. The normalized spacial score (nSPS) is 15.3. The lowest BCUT2D eigenvalue weighted by atomic mass is 10.1. The van der Waals surface area contributed by atoms with Crippen molar-refractivity contribution in [2.24, 2.45) is 0 Å². The van der Waals surface area contributed by atoms with Crippen molar-refractivity contribution in [2.75, 3.05) is 18.9 Å². The summed E-state index contributed by atoms with van der Waals surface area (Å²) in [6.07, 6.45) is 3.07. The number of nitriles is 1. The number of para-hydroxylation sites is 1. The Morgan fingerprint density at radius 3 is 2.96 bits per heavy atom. The van der Waals surface area contributed by atoms with E-state index in [4.69, 9.17) is 4.98 Å². The van der Waals surface area contributed by atoms with Gasteiger partial charge in [-0.15, -0.1) is 22.7 Å². The summed E-state index contributed by atoms with van der Waals surface area (Å²) in [5.74, 6) is -0.0584. The maximum Gasteiger partial charge on any atom is 0.280 e. The largest absolute Gasteiger partial charge is 0.322 e. The summed E-state index contributed by atoms with van der Waals surface area (Å²) in [4.78, 5) is 19.6. The van der Waals surface area contributed by atoms with Crippen LogP contribution in [0.1, 0.15) is 40.4 Å². The van der Waals surface area contributed by atoms with E-state index in [0.29, 0.717) is 17.1 Å². The van der Waals surface area contributed by atoms with E-state index in [0.717, 1.165) is 40.3 Å². The molecule has 2 heterocycles. The number of amides is 1. The molecule has 1 unspecified atom stereocenters. The van der Waals surface area contributed by atoms with Crippen molar-refractivity contribution in [3.8, 4) is 6.07 Å². The zero-order chi connectivity index (χ0) is 19.0. The summed E-state index contributed by atoms with van der Waals surface area (Å²) in [6.45, 7) is 2.44. The molecule has 0 radical (unpaired) electrons. The molecule has 2 N–H and O–H groups in total. The zero-order valence-corrected chi connectivity index (χ0v) is 17.0. The molecule has 138 valence electrons. The van der Waals surface area contributed by atoms with Crippen LogP contribution < -0.4 is 10.2 Å². The number of fused-ring (bicyclic) bond motifs is 2. The van der Waals surface area contributed by atoms with Gasteiger partial charge in [0.2, 0.25) is 0 Å². The number of thiophene rings is 1. The Kier molecular flexibility index (Phi) is 4.96. The van der Waals surface area contributed by atoms with E-state index in [2.05, 4.69) is 24.4 Å². The minimum absolute atomic E-state index is 0.0584. The number of hydrogen-bond acceptors (Lipinski definition) is 5. The molecule has 0 bridgehead atoms. The number of nitrogens with one attached hydrogen (secondary N) is 2. The topological polar surface area (TPSA) is 70.2 Å². The van der Waals surface area contributed by atoms with Crippen LogP contribution in [0.4, 0.5) is 5.00 Å².